The number of aryl methyl sites for hydroxylation is 1. The number of carbonyl (C=O) groups excluding carboxylic acids is 1. The molecule has 0 N–H and O–H groups in total. The molecule has 0 saturated heterocycles. The summed E-state index contributed by atoms with van der Waals surface area (Å²) in [6, 6.07) is 7.98. The second-order valence-corrected chi connectivity index (χ2v) is 4.34. The highest BCUT2D eigenvalue weighted by Crippen LogP contribution is 2.09. The van der Waals surface area contributed by atoms with Crippen molar-refractivity contribution in [2.24, 2.45) is 0 Å². The Balaban J connectivity index is 2.77. The first-order valence-corrected chi connectivity index (χ1v) is 6.61. The fraction of sp³-hybridized carbons (Fsp3) is 0.462. The molecule has 0 saturated carbocycles. The summed E-state index contributed by atoms with van der Waals surface area (Å²) in [5, 5.41) is 0. The Morgan fingerprint density at radius 3 is 2.06 bits per heavy atom. The van der Waals surface area contributed by atoms with Crippen molar-refractivity contribution >= 4 is 21.6 Å². The van der Waals surface area contributed by atoms with E-state index in [4.69, 9.17) is 0 Å². The number of hydrogen-bond donors (Lipinski definition) is 0. The van der Waals surface area contributed by atoms with Gasteiger partial charge in [-0.05, 0) is 24.1 Å². The van der Waals surface area contributed by atoms with E-state index < -0.39 is 0 Å². The first kappa shape index (κ1) is 13.9. The summed E-state index contributed by atoms with van der Waals surface area (Å²) >= 11 is 0. The van der Waals surface area contributed by atoms with Crippen molar-refractivity contribution in [3.63, 3.8) is 0 Å². The van der Waals surface area contributed by atoms with Crippen LogP contribution in [0.1, 0.15) is 22.8 Å². The van der Waals surface area contributed by atoms with Gasteiger partial charge in [-0.3, -0.25) is 4.79 Å². The van der Waals surface area contributed by atoms with Crippen LogP contribution >= 0.6 is 0 Å². The lowest BCUT2D eigenvalue weighted by Crippen LogP contribution is -2.32. The van der Waals surface area contributed by atoms with E-state index in [1.807, 2.05) is 29.2 Å². The first-order valence-electron chi connectivity index (χ1n) is 6.61. The van der Waals surface area contributed by atoms with Gasteiger partial charge in [-0.25, -0.2) is 0 Å². The molecule has 17 heavy (non-hydrogen) atoms. The topological polar surface area (TPSA) is 20.3 Å². The molecule has 0 aliphatic heterocycles. The molecule has 1 rings (SSSR count). The standard InChI is InChI=1S/C13H21B2NO/c1-2-11-3-5-12(6-4-11)13(17)16(9-7-14)10-8-15/h3-6H,2,7-10,14-15H2,1H3. The fourth-order valence-electron chi connectivity index (χ4n) is 1.92. The molecule has 1 amide bonds. The number of rotatable bonds is 6. The lowest BCUT2D eigenvalue weighted by atomic mass is 10.0. The van der Waals surface area contributed by atoms with E-state index in [-0.39, 0.29) is 5.91 Å². The number of benzene rings is 1. The Hall–Kier alpha value is -1.18. The third-order valence-electron chi connectivity index (χ3n) is 2.88. The van der Waals surface area contributed by atoms with Gasteiger partial charge in [0.25, 0.3) is 5.91 Å². The van der Waals surface area contributed by atoms with Gasteiger partial charge in [-0.2, -0.15) is 0 Å². The number of amides is 1. The molecule has 0 radical (unpaired) electrons. The van der Waals surface area contributed by atoms with Gasteiger partial charge in [0.05, 0.1) is 0 Å². The molecule has 0 aliphatic carbocycles. The minimum Gasteiger partial charge on any atom is -0.340 e. The quantitative estimate of drug-likeness (QED) is 0.660. The van der Waals surface area contributed by atoms with Gasteiger partial charge >= 0.3 is 0 Å². The van der Waals surface area contributed by atoms with Crippen molar-refractivity contribution in [2.75, 3.05) is 13.1 Å². The van der Waals surface area contributed by atoms with Crippen LogP contribution in [0.3, 0.4) is 0 Å². The normalized spacial score (nSPS) is 10.2. The van der Waals surface area contributed by atoms with E-state index in [1.165, 1.54) is 5.56 Å². The molecule has 0 spiro atoms. The van der Waals surface area contributed by atoms with Crippen LogP contribution in [0.2, 0.25) is 12.6 Å². The van der Waals surface area contributed by atoms with Crippen LogP contribution in [0.25, 0.3) is 0 Å². The van der Waals surface area contributed by atoms with Gasteiger partial charge in [0.15, 0.2) is 0 Å². The van der Waals surface area contributed by atoms with E-state index in [9.17, 15) is 4.79 Å². The smallest absolute Gasteiger partial charge is 0.253 e. The van der Waals surface area contributed by atoms with Gasteiger partial charge in [0.2, 0.25) is 0 Å². The predicted molar refractivity (Wildman–Crippen MR) is 78.4 cm³/mol. The molecule has 0 unspecified atom stereocenters. The molecule has 90 valence electrons. The Labute approximate surface area is 106 Å². The second-order valence-electron chi connectivity index (χ2n) is 4.34. The fourth-order valence-corrected chi connectivity index (χ4v) is 1.92. The third-order valence-corrected chi connectivity index (χ3v) is 2.88. The van der Waals surface area contributed by atoms with Crippen LogP contribution in [0, 0.1) is 0 Å². The molecule has 0 heterocycles. The summed E-state index contributed by atoms with van der Waals surface area (Å²) in [5.74, 6) is 0.163. The first-order chi connectivity index (χ1) is 8.22. The van der Waals surface area contributed by atoms with Crippen molar-refractivity contribution < 1.29 is 4.79 Å². The maximum absolute atomic E-state index is 12.3. The average molecular weight is 229 g/mol. The SMILES string of the molecule is BCCN(CCB)C(=O)c1ccc(CC)cc1. The number of carbonyl (C=O) groups is 1. The summed E-state index contributed by atoms with van der Waals surface area (Å²) in [6.45, 7) is 3.82. The Morgan fingerprint density at radius 1 is 1.12 bits per heavy atom. The summed E-state index contributed by atoms with van der Waals surface area (Å²) in [7, 11) is 4.21. The zero-order valence-electron chi connectivity index (χ0n) is 11.2. The van der Waals surface area contributed by atoms with Gasteiger partial charge in [-0.1, -0.05) is 31.7 Å². The van der Waals surface area contributed by atoms with Crippen LogP contribution in [0.15, 0.2) is 24.3 Å². The largest absolute Gasteiger partial charge is 0.340 e. The van der Waals surface area contributed by atoms with Crippen LogP contribution in [-0.4, -0.2) is 39.6 Å². The summed E-state index contributed by atoms with van der Waals surface area (Å²) < 4.78 is 0. The second kappa shape index (κ2) is 7.21. The highest BCUT2D eigenvalue weighted by Gasteiger charge is 2.13. The minimum absolute atomic E-state index is 0.163. The molecular formula is C13H21B2NO. The van der Waals surface area contributed by atoms with Gasteiger partial charge in [-0.15, -0.1) is 0 Å². The monoisotopic (exact) mass is 229 g/mol. The Kier molecular flexibility index (Phi) is 5.88. The molecule has 0 fully saturated rings. The van der Waals surface area contributed by atoms with Gasteiger partial charge in [0.1, 0.15) is 15.7 Å². The lowest BCUT2D eigenvalue weighted by molar-refractivity contribution is 0.0773. The van der Waals surface area contributed by atoms with Crippen molar-refractivity contribution in [1.82, 2.24) is 4.90 Å². The van der Waals surface area contributed by atoms with E-state index in [0.29, 0.717) is 0 Å². The number of nitrogens with zero attached hydrogens (tertiary/aromatic N) is 1. The van der Waals surface area contributed by atoms with Crippen molar-refractivity contribution in [3.05, 3.63) is 35.4 Å². The summed E-state index contributed by atoms with van der Waals surface area (Å²) in [6.07, 6.45) is 3.04. The average Bonchev–Trinajstić information content (AvgIpc) is 2.38. The van der Waals surface area contributed by atoms with Crippen LogP contribution in [0.5, 0.6) is 0 Å². The number of hydrogen-bond acceptors (Lipinski definition) is 1. The highest BCUT2D eigenvalue weighted by molar-refractivity contribution is 6.09. The third kappa shape index (κ3) is 3.95. The van der Waals surface area contributed by atoms with E-state index in [2.05, 4.69) is 22.6 Å². The van der Waals surface area contributed by atoms with Gasteiger partial charge < -0.3 is 4.90 Å². The molecule has 0 atom stereocenters. The van der Waals surface area contributed by atoms with Crippen molar-refractivity contribution in [1.29, 1.82) is 0 Å². The van der Waals surface area contributed by atoms with Crippen LogP contribution in [0.4, 0.5) is 0 Å². The summed E-state index contributed by atoms with van der Waals surface area (Å²) in [5.41, 5.74) is 2.09. The van der Waals surface area contributed by atoms with E-state index in [0.717, 1.165) is 37.7 Å². The van der Waals surface area contributed by atoms with Crippen molar-refractivity contribution in [2.45, 2.75) is 26.0 Å². The molecule has 0 aliphatic rings. The van der Waals surface area contributed by atoms with E-state index >= 15 is 0 Å². The van der Waals surface area contributed by atoms with E-state index in [1.54, 1.807) is 0 Å². The predicted octanol–water partition coefficient (Wildman–Crippen LogP) is 0.794. The van der Waals surface area contributed by atoms with Crippen LogP contribution in [-0.2, 0) is 6.42 Å². The van der Waals surface area contributed by atoms with Gasteiger partial charge in [0, 0.05) is 18.7 Å². The van der Waals surface area contributed by atoms with Crippen molar-refractivity contribution in [3.8, 4) is 0 Å². The molecule has 4 heteroatoms. The minimum atomic E-state index is 0.163. The summed E-state index contributed by atoms with van der Waals surface area (Å²) in [4.78, 5) is 14.2. The maximum Gasteiger partial charge on any atom is 0.253 e. The molecular weight excluding hydrogens is 208 g/mol. The zero-order valence-corrected chi connectivity index (χ0v) is 11.2. The molecule has 1 aromatic rings. The van der Waals surface area contributed by atoms with Crippen LogP contribution < -0.4 is 0 Å². The Bertz CT molecular complexity index is 345. The highest BCUT2D eigenvalue weighted by atomic mass is 16.2. The zero-order chi connectivity index (χ0) is 12.7. The molecule has 1 aromatic carbocycles. The maximum atomic E-state index is 12.3. The molecule has 0 aromatic heterocycles. The lowest BCUT2D eigenvalue weighted by Gasteiger charge is -2.21. The molecule has 2 nitrogen and oxygen atoms in total. The Morgan fingerprint density at radius 2 is 1.65 bits per heavy atom. The molecule has 0 bridgehead atoms.